The average Bonchev–Trinajstić information content (AvgIpc) is 3.21. The number of rotatable bonds is 4. The van der Waals surface area contributed by atoms with Crippen LogP contribution in [0, 0.1) is 6.92 Å². The van der Waals surface area contributed by atoms with E-state index in [4.69, 9.17) is 4.74 Å². The highest BCUT2D eigenvalue weighted by Gasteiger charge is 2.14. The monoisotopic (exact) mass is 364 g/mol. The molecule has 0 radical (unpaired) electrons. The highest BCUT2D eigenvalue weighted by molar-refractivity contribution is 7.15. The molecular formula is C19H16N4O2S. The van der Waals surface area contributed by atoms with Gasteiger partial charge < -0.3 is 4.74 Å². The van der Waals surface area contributed by atoms with Crippen molar-refractivity contribution in [3.8, 4) is 17.0 Å². The number of anilines is 1. The molecule has 0 aliphatic carbocycles. The molecule has 2 aromatic carbocycles. The fourth-order valence-corrected chi connectivity index (χ4v) is 3.51. The second-order valence-corrected chi connectivity index (χ2v) is 6.64. The number of benzene rings is 2. The van der Waals surface area contributed by atoms with E-state index in [-0.39, 0.29) is 11.9 Å². The zero-order chi connectivity index (χ0) is 18.1. The predicted molar refractivity (Wildman–Crippen MR) is 102 cm³/mol. The number of thiazole rings is 1. The number of amides is 1. The lowest BCUT2D eigenvalue weighted by Crippen LogP contribution is -2.13. The fourth-order valence-electron chi connectivity index (χ4n) is 2.68. The maximum absolute atomic E-state index is 12.4. The molecule has 2 aromatic heterocycles. The number of aryl methyl sites for hydroxylation is 1. The second kappa shape index (κ2) is 6.61. The van der Waals surface area contributed by atoms with Crippen molar-refractivity contribution in [3.63, 3.8) is 0 Å². The number of nitrogens with one attached hydrogen (secondary N) is 1. The number of hydrogen-bond donors (Lipinski definition) is 1. The van der Waals surface area contributed by atoms with Crippen LogP contribution in [0.4, 0.5) is 5.95 Å². The SMILES string of the molecule is COc1cccc(-c2csc3nc(NC(=O)c4cccc(C)c4)nn23)c1. The van der Waals surface area contributed by atoms with Crippen LogP contribution in [0.2, 0.25) is 0 Å². The van der Waals surface area contributed by atoms with Gasteiger partial charge >= 0.3 is 0 Å². The van der Waals surface area contributed by atoms with Crippen molar-refractivity contribution in [2.75, 3.05) is 12.4 Å². The maximum atomic E-state index is 12.4. The van der Waals surface area contributed by atoms with E-state index in [2.05, 4.69) is 15.4 Å². The van der Waals surface area contributed by atoms with Crippen molar-refractivity contribution in [2.45, 2.75) is 6.92 Å². The molecule has 1 amide bonds. The number of methoxy groups -OCH3 is 1. The molecule has 0 spiro atoms. The van der Waals surface area contributed by atoms with Crippen LogP contribution < -0.4 is 10.1 Å². The number of ether oxygens (including phenoxy) is 1. The Morgan fingerprint density at radius 2 is 2.04 bits per heavy atom. The lowest BCUT2D eigenvalue weighted by molar-refractivity contribution is 0.102. The smallest absolute Gasteiger partial charge is 0.258 e. The first-order valence-electron chi connectivity index (χ1n) is 8.01. The van der Waals surface area contributed by atoms with E-state index in [0.717, 1.165) is 22.6 Å². The molecule has 0 unspecified atom stereocenters. The Labute approximate surface area is 154 Å². The van der Waals surface area contributed by atoms with E-state index in [1.807, 2.05) is 54.8 Å². The van der Waals surface area contributed by atoms with Crippen LogP contribution in [-0.4, -0.2) is 27.6 Å². The molecular weight excluding hydrogens is 348 g/mol. The van der Waals surface area contributed by atoms with Gasteiger partial charge in [-0.15, -0.1) is 16.4 Å². The van der Waals surface area contributed by atoms with Crippen LogP contribution in [0.25, 0.3) is 16.2 Å². The minimum atomic E-state index is -0.227. The molecule has 6 nitrogen and oxygen atoms in total. The van der Waals surface area contributed by atoms with E-state index < -0.39 is 0 Å². The summed E-state index contributed by atoms with van der Waals surface area (Å²) in [6.07, 6.45) is 0. The Balaban J connectivity index is 1.64. The fraction of sp³-hybridized carbons (Fsp3) is 0.105. The summed E-state index contributed by atoms with van der Waals surface area (Å²) in [5, 5.41) is 9.18. The second-order valence-electron chi connectivity index (χ2n) is 5.81. The highest BCUT2D eigenvalue weighted by Crippen LogP contribution is 2.28. The van der Waals surface area contributed by atoms with Crippen molar-refractivity contribution in [3.05, 3.63) is 65.0 Å². The summed E-state index contributed by atoms with van der Waals surface area (Å²) in [6.45, 7) is 1.95. The highest BCUT2D eigenvalue weighted by atomic mass is 32.1. The Morgan fingerprint density at radius 3 is 2.85 bits per heavy atom. The number of aromatic nitrogens is 3. The van der Waals surface area contributed by atoms with E-state index in [9.17, 15) is 4.79 Å². The molecule has 0 saturated carbocycles. The molecule has 0 atom stereocenters. The van der Waals surface area contributed by atoms with E-state index in [1.165, 1.54) is 11.3 Å². The summed E-state index contributed by atoms with van der Waals surface area (Å²) in [5.41, 5.74) is 3.47. The van der Waals surface area contributed by atoms with Gasteiger partial charge in [-0.25, -0.2) is 4.52 Å². The first-order chi connectivity index (χ1) is 12.6. The Morgan fingerprint density at radius 1 is 1.19 bits per heavy atom. The van der Waals surface area contributed by atoms with Crippen molar-refractivity contribution in [2.24, 2.45) is 0 Å². The lowest BCUT2D eigenvalue weighted by atomic mass is 10.1. The quantitative estimate of drug-likeness (QED) is 0.594. The molecule has 26 heavy (non-hydrogen) atoms. The summed E-state index contributed by atoms with van der Waals surface area (Å²) in [7, 11) is 1.64. The summed E-state index contributed by atoms with van der Waals surface area (Å²) in [5.74, 6) is 0.831. The van der Waals surface area contributed by atoms with Crippen LogP contribution in [0.1, 0.15) is 15.9 Å². The van der Waals surface area contributed by atoms with Gasteiger partial charge in [0.2, 0.25) is 4.96 Å². The van der Waals surface area contributed by atoms with Gasteiger partial charge in [-0.2, -0.15) is 4.98 Å². The first-order valence-corrected chi connectivity index (χ1v) is 8.89. The van der Waals surface area contributed by atoms with Gasteiger partial charge in [0.05, 0.1) is 12.8 Å². The van der Waals surface area contributed by atoms with Crippen molar-refractivity contribution < 1.29 is 9.53 Å². The van der Waals surface area contributed by atoms with Crippen molar-refractivity contribution in [1.29, 1.82) is 0 Å². The van der Waals surface area contributed by atoms with Gasteiger partial charge in [-0.1, -0.05) is 29.8 Å². The summed E-state index contributed by atoms with van der Waals surface area (Å²) in [4.78, 5) is 17.5. The van der Waals surface area contributed by atoms with Gasteiger partial charge in [0, 0.05) is 16.5 Å². The third-order valence-corrected chi connectivity index (χ3v) is 4.77. The Hall–Kier alpha value is -3.19. The first kappa shape index (κ1) is 16.3. The van der Waals surface area contributed by atoms with Crippen LogP contribution in [0.3, 0.4) is 0 Å². The van der Waals surface area contributed by atoms with E-state index >= 15 is 0 Å². The van der Waals surface area contributed by atoms with Gasteiger partial charge in [0.25, 0.3) is 11.9 Å². The van der Waals surface area contributed by atoms with Crippen molar-refractivity contribution >= 4 is 28.2 Å². The molecule has 2 heterocycles. The molecule has 0 fully saturated rings. The third-order valence-electron chi connectivity index (χ3n) is 3.95. The van der Waals surface area contributed by atoms with Crippen LogP contribution in [0.15, 0.2) is 53.9 Å². The molecule has 130 valence electrons. The minimum Gasteiger partial charge on any atom is -0.497 e. The van der Waals surface area contributed by atoms with Crippen LogP contribution in [0.5, 0.6) is 5.75 Å². The van der Waals surface area contributed by atoms with Crippen LogP contribution >= 0.6 is 11.3 Å². The van der Waals surface area contributed by atoms with Gasteiger partial charge in [0.15, 0.2) is 0 Å². The normalized spacial score (nSPS) is 10.8. The number of carbonyl (C=O) groups excluding carboxylic acids is 1. The van der Waals surface area contributed by atoms with Gasteiger partial charge in [-0.3, -0.25) is 10.1 Å². The molecule has 0 bridgehead atoms. The topological polar surface area (TPSA) is 68.5 Å². The average molecular weight is 364 g/mol. The molecule has 4 aromatic rings. The van der Waals surface area contributed by atoms with E-state index in [1.54, 1.807) is 17.7 Å². The van der Waals surface area contributed by atoms with Crippen molar-refractivity contribution in [1.82, 2.24) is 14.6 Å². The zero-order valence-corrected chi connectivity index (χ0v) is 15.1. The standard InChI is InChI=1S/C19H16N4O2S/c1-12-5-3-7-14(9-12)17(24)20-18-21-19-23(22-18)16(11-26-19)13-6-4-8-15(10-13)25-2/h3-11H,1-2H3,(H,20,22,24). The molecule has 1 N–H and O–H groups in total. The Kier molecular flexibility index (Phi) is 4.14. The number of hydrogen-bond acceptors (Lipinski definition) is 5. The number of nitrogens with zero attached hydrogens (tertiary/aromatic N) is 3. The zero-order valence-electron chi connectivity index (χ0n) is 14.3. The predicted octanol–water partition coefficient (Wildman–Crippen LogP) is 4.03. The van der Waals surface area contributed by atoms with E-state index in [0.29, 0.717) is 10.5 Å². The molecule has 0 aliphatic rings. The molecule has 4 rings (SSSR count). The number of carbonyl (C=O) groups is 1. The number of fused-ring (bicyclic) bond motifs is 1. The lowest BCUT2D eigenvalue weighted by Gasteiger charge is -2.03. The molecule has 0 aliphatic heterocycles. The molecule has 7 heteroatoms. The maximum Gasteiger partial charge on any atom is 0.258 e. The third kappa shape index (κ3) is 3.04. The minimum absolute atomic E-state index is 0.227. The largest absolute Gasteiger partial charge is 0.497 e. The van der Waals surface area contributed by atoms with Gasteiger partial charge in [0.1, 0.15) is 5.75 Å². The summed E-state index contributed by atoms with van der Waals surface area (Å²) in [6, 6.07) is 15.1. The summed E-state index contributed by atoms with van der Waals surface area (Å²) >= 11 is 1.47. The van der Waals surface area contributed by atoms with Gasteiger partial charge in [-0.05, 0) is 31.2 Å². The Bertz CT molecular complexity index is 1100. The van der Waals surface area contributed by atoms with Crippen LogP contribution in [-0.2, 0) is 0 Å². The molecule has 0 saturated heterocycles. The summed E-state index contributed by atoms with van der Waals surface area (Å²) < 4.78 is 7.01.